The number of carboxylic acid groups (broad SMARTS) is 1. The average molecular weight is 321 g/mol. The number of aryl methyl sites for hydroxylation is 1. The Bertz CT molecular complexity index is 474. The van der Waals surface area contributed by atoms with E-state index in [0.717, 1.165) is 12.0 Å². The highest BCUT2D eigenvalue weighted by molar-refractivity contribution is 5.69. The number of rotatable bonds is 12. The van der Waals surface area contributed by atoms with E-state index in [0.29, 0.717) is 6.54 Å². The molecule has 2 N–H and O–H groups in total. The number of nitrogens with zero attached hydrogens (tertiary/aromatic N) is 1. The first-order chi connectivity index (χ1) is 11.0. The molecule has 1 aromatic carbocycles. The first kappa shape index (κ1) is 19.5. The molecule has 0 aliphatic carbocycles. The van der Waals surface area contributed by atoms with Crippen LogP contribution in [-0.2, 0) is 17.8 Å². The molecular formula is C19H31NO3. The molecule has 4 nitrogen and oxygen atoms in total. The third kappa shape index (κ3) is 8.60. The highest BCUT2D eigenvalue weighted by Gasteiger charge is 2.09. The van der Waals surface area contributed by atoms with Crippen molar-refractivity contribution in [3.05, 3.63) is 29.3 Å². The molecule has 0 aliphatic rings. The van der Waals surface area contributed by atoms with Crippen LogP contribution in [0.5, 0.6) is 5.75 Å². The van der Waals surface area contributed by atoms with Crippen LogP contribution in [-0.4, -0.2) is 34.7 Å². The number of phenols is 1. The Kier molecular flexibility index (Phi) is 9.37. The highest BCUT2D eigenvalue weighted by Crippen LogP contribution is 2.21. The number of carbonyl (C=O) groups is 1. The van der Waals surface area contributed by atoms with Gasteiger partial charge in [-0.15, -0.1) is 0 Å². The second-order valence-corrected chi connectivity index (χ2v) is 6.40. The van der Waals surface area contributed by atoms with Crippen LogP contribution < -0.4 is 0 Å². The van der Waals surface area contributed by atoms with Gasteiger partial charge in [-0.25, -0.2) is 0 Å². The number of unbranched alkanes of at least 4 members (excludes halogenated alkanes) is 6. The number of phenolic OH excluding ortho intramolecular Hbond substituents is 1. The van der Waals surface area contributed by atoms with Crippen molar-refractivity contribution in [2.24, 2.45) is 0 Å². The van der Waals surface area contributed by atoms with Crippen LogP contribution in [0, 0.1) is 0 Å². The smallest absolute Gasteiger partial charge is 0.317 e. The molecule has 0 saturated carbocycles. The van der Waals surface area contributed by atoms with Gasteiger partial charge in [0.15, 0.2) is 0 Å². The van der Waals surface area contributed by atoms with Crippen LogP contribution in [0.4, 0.5) is 0 Å². The van der Waals surface area contributed by atoms with Crippen molar-refractivity contribution in [3.63, 3.8) is 0 Å². The maximum Gasteiger partial charge on any atom is 0.317 e. The summed E-state index contributed by atoms with van der Waals surface area (Å²) in [6, 6.07) is 5.69. The number of aliphatic carboxylic acids is 1. The predicted molar refractivity (Wildman–Crippen MR) is 93.8 cm³/mol. The van der Waals surface area contributed by atoms with Crippen molar-refractivity contribution < 1.29 is 15.0 Å². The van der Waals surface area contributed by atoms with E-state index in [2.05, 4.69) is 6.92 Å². The number of likely N-dealkylation sites (N-methyl/N-ethyl adjacent to an activating group) is 1. The van der Waals surface area contributed by atoms with E-state index in [-0.39, 0.29) is 12.3 Å². The maximum absolute atomic E-state index is 10.7. The number of aromatic hydroxyl groups is 1. The molecule has 0 aromatic heterocycles. The molecule has 23 heavy (non-hydrogen) atoms. The van der Waals surface area contributed by atoms with Gasteiger partial charge in [0.25, 0.3) is 0 Å². The summed E-state index contributed by atoms with van der Waals surface area (Å²) < 4.78 is 0. The summed E-state index contributed by atoms with van der Waals surface area (Å²) in [7, 11) is 1.75. The molecule has 0 bridgehead atoms. The zero-order valence-corrected chi connectivity index (χ0v) is 14.6. The Labute approximate surface area is 140 Å². The molecule has 0 heterocycles. The highest BCUT2D eigenvalue weighted by atomic mass is 16.4. The van der Waals surface area contributed by atoms with E-state index in [4.69, 9.17) is 5.11 Å². The largest absolute Gasteiger partial charge is 0.508 e. The Hall–Kier alpha value is -1.55. The minimum Gasteiger partial charge on any atom is -0.508 e. The normalized spacial score (nSPS) is 11.1. The van der Waals surface area contributed by atoms with Gasteiger partial charge in [-0.2, -0.15) is 0 Å². The summed E-state index contributed by atoms with van der Waals surface area (Å²) in [6.07, 6.45) is 10.0. The Balaban J connectivity index is 2.39. The summed E-state index contributed by atoms with van der Waals surface area (Å²) in [5.41, 5.74) is 2.02. The lowest BCUT2D eigenvalue weighted by Gasteiger charge is -2.15. The van der Waals surface area contributed by atoms with Crippen LogP contribution in [0.2, 0.25) is 0 Å². The van der Waals surface area contributed by atoms with Crippen molar-refractivity contribution in [2.75, 3.05) is 13.6 Å². The van der Waals surface area contributed by atoms with Gasteiger partial charge in [-0.3, -0.25) is 9.69 Å². The van der Waals surface area contributed by atoms with E-state index in [1.165, 1.54) is 50.5 Å². The molecule has 0 amide bonds. The molecule has 0 atom stereocenters. The first-order valence-electron chi connectivity index (χ1n) is 8.74. The van der Waals surface area contributed by atoms with E-state index in [9.17, 15) is 9.90 Å². The van der Waals surface area contributed by atoms with Gasteiger partial charge in [-0.1, -0.05) is 57.6 Å². The maximum atomic E-state index is 10.7. The monoisotopic (exact) mass is 321 g/mol. The van der Waals surface area contributed by atoms with Crippen molar-refractivity contribution in [3.8, 4) is 5.75 Å². The Morgan fingerprint density at radius 3 is 2.39 bits per heavy atom. The molecule has 0 saturated heterocycles. The zero-order valence-electron chi connectivity index (χ0n) is 14.6. The van der Waals surface area contributed by atoms with Crippen molar-refractivity contribution in [1.29, 1.82) is 0 Å². The summed E-state index contributed by atoms with van der Waals surface area (Å²) in [6.45, 7) is 2.65. The molecule has 130 valence electrons. The van der Waals surface area contributed by atoms with Crippen molar-refractivity contribution >= 4 is 5.97 Å². The minimum atomic E-state index is -0.855. The summed E-state index contributed by atoms with van der Waals surface area (Å²) in [4.78, 5) is 12.4. The summed E-state index contributed by atoms with van der Waals surface area (Å²) >= 11 is 0. The fourth-order valence-electron chi connectivity index (χ4n) is 2.78. The van der Waals surface area contributed by atoms with Crippen LogP contribution in [0.3, 0.4) is 0 Å². The minimum absolute atomic E-state index is 0.0264. The van der Waals surface area contributed by atoms with Gasteiger partial charge in [0.1, 0.15) is 5.75 Å². The third-order valence-electron chi connectivity index (χ3n) is 4.06. The molecule has 0 spiro atoms. The lowest BCUT2D eigenvalue weighted by atomic mass is 10.0. The predicted octanol–water partition coefficient (Wildman–Crippen LogP) is 4.20. The first-order valence-corrected chi connectivity index (χ1v) is 8.74. The van der Waals surface area contributed by atoms with Gasteiger partial charge < -0.3 is 10.2 Å². The second-order valence-electron chi connectivity index (χ2n) is 6.40. The van der Waals surface area contributed by atoms with Gasteiger partial charge >= 0.3 is 5.97 Å². The number of benzene rings is 1. The van der Waals surface area contributed by atoms with E-state index < -0.39 is 5.97 Å². The molecule has 1 aromatic rings. The van der Waals surface area contributed by atoms with Crippen molar-refractivity contribution in [2.45, 2.75) is 64.8 Å². The molecule has 0 unspecified atom stereocenters. The van der Waals surface area contributed by atoms with Crippen LogP contribution in [0.15, 0.2) is 18.2 Å². The van der Waals surface area contributed by atoms with Crippen LogP contribution >= 0.6 is 0 Å². The van der Waals surface area contributed by atoms with E-state index in [1.807, 2.05) is 12.1 Å². The van der Waals surface area contributed by atoms with Gasteiger partial charge in [0.05, 0.1) is 6.54 Å². The topological polar surface area (TPSA) is 60.8 Å². The van der Waals surface area contributed by atoms with Crippen molar-refractivity contribution in [1.82, 2.24) is 4.90 Å². The summed E-state index contributed by atoms with van der Waals surface area (Å²) in [5.74, 6) is -0.614. The average Bonchev–Trinajstić information content (AvgIpc) is 2.48. The van der Waals surface area contributed by atoms with Gasteiger partial charge in [-0.05, 0) is 31.5 Å². The second kappa shape index (κ2) is 11.1. The van der Waals surface area contributed by atoms with Gasteiger partial charge in [0.2, 0.25) is 0 Å². The summed E-state index contributed by atoms with van der Waals surface area (Å²) in [5, 5.41) is 18.7. The standard InChI is InChI=1S/C19H31NO3/c1-3-4-5-6-7-8-9-10-16-11-12-18(21)17(13-16)14-20(2)15-19(22)23/h11-13,21H,3-10,14-15H2,1-2H3,(H,22,23). The fourth-order valence-corrected chi connectivity index (χ4v) is 2.78. The zero-order chi connectivity index (χ0) is 17.1. The van der Waals surface area contributed by atoms with E-state index >= 15 is 0 Å². The lowest BCUT2D eigenvalue weighted by molar-refractivity contribution is -0.138. The third-order valence-corrected chi connectivity index (χ3v) is 4.06. The number of hydrogen-bond donors (Lipinski definition) is 2. The quantitative estimate of drug-likeness (QED) is 0.566. The van der Waals surface area contributed by atoms with Crippen LogP contribution in [0.25, 0.3) is 0 Å². The molecule has 4 heteroatoms. The number of hydrogen-bond acceptors (Lipinski definition) is 3. The molecule has 0 fully saturated rings. The van der Waals surface area contributed by atoms with E-state index in [1.54, 1.807) is 18.0 Å². The molecular weight excluding hydrogens is 290 g/mol. The Morgan fingerprint density at radius 1 is 1.09 bits per heavy atom. The lowest BCUT2D eigenvalue weighted by Crippen LogP contribution is -2.25. The van der Waals surface area contributed by atoms with Crippen LogP contribution in [0.1, 0.15) is 63.0 Å². The van der Waals surface area contributed by atoms with Gasteiger partial charge in [0, 0.05) is 12.1 Å². The molecule has 0 radical (unpaired) electrons. The fraction of sp³-hybridized carbons (Fsp3) is 0.632. The molecule has 1 rings (SSSR count). The Morgan fingerprint density at radius 2 is 1.74 bits per heavy atom. The SMILES string of the molecule is CCCCCCCCCc1ccc(O)c(CN(C)CC(=O)O)c1. The number of carboxylic acids is 1. The molecule has 0 aliphatic heterocycles.